The molecule has 0 amide bonds. The van der Waals surface area contributed by atoms with E-state index in [1.807, 2.05) is 24.7 Å². The average Bonchev–Trinajstić information content (AvgIpc) is 3.69. The Balaban J connectivity index is 1.02. The molecule has 0 atom stereocenters. The Kier molecular flexibility index (Phi) is 6.91. The van der Waals surface area contributed by atoms with Gasteiger partial charge in [0.1, 0.15) is 5.82 Å². The highest BCUT2D eigenvalue weighted by molar-refractivity contribution is 6.12. The van der Waals surface area contributed by atoms with Gasteiger partial charge >= 0.3 is 0 Å². The molecule has 3 aromatic heterocycles. The molecule has 0 spiro atoms. The van der Waals surface area contributed by atoms with Crippen molar-refractivity contribution in [1.29, 1.82) is 0 Å². The molecule has 0 saturated carbocycles. The molecule has 1 aliphatic heterocycles. The second kappa shape index (κ2) is 11.9. The maximum atomic E-state index is 4.91. The first-order chi connectivity index (χ1) is 27.3. The summed E-state index contributed by atoms with van der Waals surface area (Å²) in [4.78, 5) is 12.1. The van der Waals surface area contributed by atoms with Crippen molar-refractivity contribution in [3.8, 4) is 39.2 Å². The Bertz CT molecular complexity index is 3010. The largest absolute Gasteiger partial charge is 0.310 e. The lowest BCUT2D eigenvalue weighted by atomic mass is 9.76. The van der Waals surface area contributed by atoms with Crippen molar-refractivity contribution in [2.24, 2.45) is 0 Å². The number of pyridine rings is 2. The van der Waals surface area contributed by atoms with E-state index in [9.17, 15) is 0 Å². The van der Waals surface area contributed by atoms with Crippen LogP contribution in [-0.2, 0) is 10.8 Å². The van der Waals surface area contributed by atoms with E-state index >= 15 is 0 Å². The summed E-state index contributed by atoms with van der Waals surface area (Å²) in [6.45, 7) is 9.26. The van der Waals surface area contributed by atoms with Crippen LogP contribution in [0.4, 0.5) is 17.1 Å². The highest BCUT2D eigenvalue weighted by atomic mass is 15.1. The van der Waals surface area contributed by atoms with E-state index in [4.69, 9.17) is 9.97 Å². The molecule has 9 aromatic rings. The molecular weight excluding hydrogens is 681 g/mol. The van der Waals surface area contributed by atoms with Crippen LogP contribution in [0.2, 0.25) is 0 Å². The second-order valence-electron chi connectivity index (χ2n) is 16.3. The number of fused-ring (bicyclic) bond motifs is 8. The fourth-order valence-electron chi connectivity index (χ4n) is 9.54. The van der Waals surface area contributed by atoms with Gasteiger partial charge in [0.25, 0.3) is 0 Å². The van der Waals surface area contributed by atoms with E-state index in [1.165, 1.54) is 66.5 Å². The number of nitrogens with zero attached hydrogens (tertiary/aromatic N) is 4. The van der Waals surface area contributed by atoms with E-state index in [1.54, 1.807) is 0 Å². The summed E-state index contributed by atoms with van der Waals surface area (Å²) in [6.07, 6.45) is 5.96. The van der Waals surface area contributed by atoms with Crippen LogP contribution in [-0.4, -0.2) is 14.5 Å². The third kappa shape index (κ3) is 4.65. The van der Waals surface area contributed by atoms with Crippen molar-refractivity contribution in [2.75, 3.05) is 4.90 Å². The van der Waals surface area contributed by atoms with Gasteiger partial charge in [0.05, 0.1) is 11.0 Å². The van der Waals surface area contributed by atoms with Crippen molar-refractivity contribution in [1.82, 2.24) is 14.5 Å². The number of benzene rings is 6. The predicted molar refractivity (Wildman–Crippen MR) is 232 cm³/mol. The first kappa shape index (κ1) is 32.6. The molecule has 4 heteroatoms. The fourth-order valence-corrected chi connectivity index (χ4v) is 9.54. The lowest BCUT2D eigenvalue weighted by Crippen LogP contribution is -2.27. The van der Waals surface area contributed by atoms with Gasteiger partial charge in [0.15, 0.2) is 0 Å². The third-order valence-corrected chi connectivity index (χ3v) is 12.5. The zero-order valence-corrected chi connectivity index (χ0v) is 32.0. The Labute approximate surface area is 327 Å². The number of aromatic nitrogens is 3. The maximum absolute atomic E-state index is 4.91. The van der Waals surface area contributed by atoms with Crippen LogP contribution in [0.25, 0.3) is 61.0 Å². The van der Waals surface area contributed by atoms with Crippen LogP contribution in [0.1, 0.15) is 49.9 Å². The van der Waals surface area contributed by atoms with Gasteiger partial charge in [-0.15, -0.1) is 0 Å². The first-order valence-electron chi connectivity index (χ1n) is 19.5. The quantitative estimate of drug-likeness (QED) is 0.177. The summed E-state index contributed by atoms with van der Waals surface area (Å²) in [5.41, 5.74) is 18.0. The van der Waals surface area contributed by atoms with Crippen molar-refractivity contribution in [3.05, 3.63) is 193 Å². The minimum Gasteiger partial charge on any atom is -0.310 e. The smallest absolute Gasteiger partial charge is 0.141 e. The summed E-state index contributed by atoms with van der Waals surface area (Å²) < 4.78 is 2.34. The van der Waals surface area contributed by atoms with Crippen molar-refractivity contribution in [2.45, 2.75) is 38.5 Å². The minimum atomic E-state index is -0.203. The molecule has 2 aliphatic rings. The Morgan fingerprint density at radius 1 is 0.464 bits per heavy atom. The normalized spacial score (nSPS) is 14.4. The molecule has 0 radical (unpaired) electrons. The average molecular weight is 721 g/mol. The standard InChI is InChI=1S/C52H40N4/c1-51(2)44-14-9-8-13-40(44)41-26-25-39(30-46(41)51)55(37-21-16-34(17-22-37)33-11-6-5-7-12-33)38-23-18-35(19-24-38)36-20-27-48-42(29-36)43-31-53-32-47-49(43)56(48)50-45(52(47,3)4)15-10-28-54-50/h5-32H,1-4H3. The van der Waals surface area contributed by atoms with Crippen LogP contribution >= 0.6 is 0 Å². The molecule has 56 heavy (non-hydrogen) atoms. The molecule has 0 N–H and O–H groups in total. The number of hydrogen-bond donors (Lipinski definition) is 0. The van der Waals surface area contributed by atoms with Gasteiger partial charge in [-0.3, -0.25) is 9.55 Å². The van der Waals surface area contributed by atoms with Crippen LogP contribution in [0.15, 0.2) is 170 Å². The van der Waals surface area contributed by atoms with Crippen LogP contribution < -0.4 is 4.90 Å². The molecule has 6 aromatic carbocycles. The highest BCUT2D eigenvalue weighted by Gasteiger charge is 2.37. The topological polar surface area (TPSA) is 34.0 Å². The summed E-state index contributed by atoms with van der Waals surface area (Å²) >= 11 is 0. The van der Waals surface area contributed by atoms with Gasteiger partial charge in [0.2, 0.25) is 0 Å². The molecule has 11 rings (SSSR count). The van der Waals surface area contributed by atoms with Crippen molar-refractivity contribution >= 4 is 38.9 Å². The van der Waals surface area contributed by atoms with E-state index < -0.39 is 0 Å². The Morgan fingerprint density at radius 3 is 1.84 bits per heavy atom. The molecule has 0 fully saturated rings. The van der Waals surface area contributed by atoms with Gasteiger partial charge < -0.3 is 4.90 Å². The van der Waals surface area contributed by atoms with E-state index in [0.29, 0.717) is 0 Å². The van der Waals surface area contributed by atoms with Gasteiger partial charge in [-0.25, -0.2) is 4.98 Å². The van der Waals surface area contributed by atoms with Crippen molar-refractivity contribution in [3.63, 3.8) is 0 Å². The van der Waals surface area contributed by atoms with Crippen LogP contribution in [0.3, 0.4) is 0 Å². The molecular formula is C52H40N4. The van der Waals surface area contributed by atoms with Gasteiger partial charge in [0, 0.05) is 68.4 Å². The predicted octanol–water partition coefficient (Wildman–Crippen LogP) is 13.3. The molecule has 1 aliphatic carbocycles. The van der Waals surface area contributed by atoms with Gasteiger partial charge in [-0.1, -0.05) is 125 Å². The van der Waals surface area contributed by atoms with Crippen molar-refractivity contribution < 1.29 is 0 Å². The summed E-state index contributed by atoms with van der Waals surface area (Å²) in [6, 6.07) is 55.5. The van der Waals surface area contributed by atoms with E-state index in [-0.39, 0.29) is 10.8 Å². The second-order valence-corrected chi connectivity index (χ2v) is 16.3. The molecule has 0 bridgehead atoms. The van der Waals surface area contributed by atoms with Gasteiger partial charge in [-0.2, -0.15) is 0 Å². The molecule has 0 saturated heterocycles. The van der Waals surface area contributed by atoms with Crippen LogP contribution in [0.5, 0.6) is 0 Å². The first-order valence-corrected chi connectivity index (χ1v) is 19.5. The maximum Gasteiger partial charge on any atom is 0.141 e. The van der Waals surface area contributed by atoms with E-state index in [0.717, 1.165) is 33.8 Å². The number of hydrogen-bond acceptors (Lipinski definition) is 3. The summed E-state index contributed by atoms with van der Waals surface area (Å²) in [7, 11) is 0. The summed E-state index contributed by atoms with van der Waals surface area (Å²) in [5, 5.41) is 2.35. The lowest BCUT2D eigenvalue weighted by molar-refractivity contribution is 0.621. The zero-order chi connectivity index (χ0) is 37.8. The van der Waals surface area contributed by atoms with E-state index in [2.05, 4.69) is 183 Å². The SMILES string of the molecule is CC1(C)c2ccccc2-c2ccc(N(c3ccc(-c4ccccc4)cc3)c3ccc(-c4ccc5c(c4)c4cncc6c4n5-c4ncccc4C6(C)C)cc3)cc21. The Morgan fingerprint density at radius 2 is 1.07 bits per heavy atom. The van der Waals surface area contributed by atoms with Crippen LogP contribution in [0, 0.1) is 0 Å². The lowest BCUT2D eigenvalue weighted by Gasteiger charge is -2.33. The molecule has 268 valence electrons. The third-order valence-electron chi connectivity index (χ3n) is 12.5. The molecule has 4 nitrogen and oxygen atoms in total. The highest BCUT2D eigenvalue weighted by Crippen LogP contribution is 2.51. The minimum absolute atomic E-state index is 0.0972. The fraction of sp³-hybridized carbons (Fsp3) is 0.115. The van der Waals surface area contributed by atoms with Gasteiger partial charge in [-0.05, 0) is 99.1 Å². The zero-order valence-electron chi connectivity index (χ0n) is 32.0. The molecule has 4 heterocycles. The number of anilines is 3. The molecule has 0 unspecified atom stereocenters. The monoisotopic (exact) mass is 720 g/mol. The Hall–Kier alpha value is -6.78. The summed E-state index contributed by atoms with van der Waals surface area (Å²) in [5.74, 6) is 1.00. The number of rotatable bonds is 5.